The van der Waals surface area contributed by atoms with E-state index >= 15 is 0 Å². The Hall–Kier alpha value is -1.18. The van der Waals surface area contributed by atoms with Gasteiger partial charge in [0.15, 0.2) is 0 Å². The van der Waals surface area contributed by atoms with Gasteiger partial charge in [-0.3, -0.25) is 0 Å². The average molecular weight is 230 g/mol. The molecule has 0 aromatic heterocycles. The third-order valence-electron chi connectivity index (χ3n) is 4.59. The van der Waals surface area contributed by atoms with Gasteiger partial charge in [0.2, 0.25) is 0 Å². The number of nitrogen functional groups attached to an aromatic ring is 1. The largest absolute Gasteiger partial charge is 0.398 e. The second kappa shape index (κ2) is 3.94. The van der Waals surface area contributed by atoms with Crippen LogP contribution in [0.3, 0.4) is 0 Å². The van der Waals surface area contributed by atoms with Crippen molar-refractivity contribution in [3.05, 3.63) is 23.8 Å². The first-order valence-corrected chi connectivity index (χ1v) is 6.86. The number of aryl methyl sites for hydroxylation is 1. The molecular weight excluding hydrogens is 208 g/mol. The van der Waals surface area contributed by atoms with Crippen LogP contribution in [0.2, 0.25) is 0 Å². The Morgan fingerprint density at radius 2 is 1.94 bits per heavy atom. The van der Waals surface area contributed by atoms with Crippen LogP contribution >= 0.6 is 0 Å². The van der Waals surface area contributed by atoms with Crippen LogP contribution in [0.15, 0.2) is 18.2 Å². The zero-order valence-corrected chi connectivity index (χ0v) is 10.7. The highest BCUT2D eigenvalue weighted by Gasteiger charge is 2.44. The quantitative estimate of drug-likeness (QED) is 0.790. The molecule has 1 aromatic carbocycles. The summed E-state index contributed by atoms with van der Waals surface area (Å²) in [7, 11) is 0. The first-order valence-electron chi connectivity index (χ1n) is 6.86. The summed E-state index contributed by atoms with van der Waals surface area (Å²) >= 11 is 0. The summed E-state index contributed by atoms with van der Waals surface area (Å²) in [6.07, 6.45) is 6.77. The van der Waals surface area contributed by atoms with E-state index in [0.29, 0.717) is 5.41 Å². The maximum Gasteiger partial charge on any atom is 0.0387 e. The van der Waals surface area contributed by atoms with E-state index in [1.165, 1.54) is 50.0 Å². The van der Waals surface area contributed by atoms with Gasteiger partial charge in [0.25, 0.3) is 0 Å². The number of benzene rings is 1. The van der Waals surface area contributed by atoms with Crippen molar-refractivity contribution in [3.63, 3.8) is 0 Å². The summed E-state index contributed by atoms with van der Waals surface area (Å²) in [4.78, 5) is 2.49. The fraction of sp³-hybridized carbons (Fsp3) is 0.600. The number of anilines is 2. The van der Waals surface area contributed by atoms with E-state index in [2.05, 4.69) is 30.0 Å². The topological polar surface area (TPSA) is 29.3 Å². The van der Waals surface area contributed by atoms with E-state index in [1.807, 2.05) is 0 Å². The van der Waals surface area contributed by atoms with E-state index in [9.17, 15) is 0 Å². The molecule has 0 bridgehead atoms. The predicted molar refractivity (Wildman–Crippen MR) is 73.3 cm³/mol. The van der Waals surface area contributed by atoms with Gasteiger partial charge in [-0.1, -0.05) is 25.8 Å². The Labute approximate surface area is 104 Å². The van der Waals surface area contributed by atoms with E-state index in [-0.39, 0.29) is 0 Å². The third kappa shape index (κ3) is 1.80. The minimum absolute atomic E-state index is 0.665. The molecule has 0 radical (unpaired) electrons. The molecule has 1 saturated carbocycles. The molecule has 2 N–H and O–H groups in total. The Morgan fingerprint density at radius 3 is 2.53 bits per heavy atom. The fourth-order valence-electron chi connectivity index (χ4n) is 3.49. The Morgan fingerprint density at radius 1 is 1.24 bits per heavy atom. The number of nitrogens with zero attached hydrogens (tertiary/aromatic N) is 1. The molecular formula is C15H22N2. The molecule has 1 aromatic rings. The second-order valence-corrected chi connectivity index (χ2v) is 5.80. The van der Waals surface area contributed by atoms with Gasteiger partial charge in [0.05, 0.1) is 0 Å². The van der Waals surface area contributed by atoms with Crippen LogP contribution in [-0.2, 0) is 6.42 Å². The summed E-state index contributed by atoms with van der Waals surface area (Å²) in [6, 6.07) is 6.57. The van der Waals surface area contributed by atoms with Gasteiger partial charge >= 0.3 is 0 Å². The Kier molecular flexibility index (Phi) is 2.53. The van der Waals surface area contributed by atoms with Crippen LogP contribution in [0.25, 0.3) is 0 Å². The second-order valence-electron chi connectivity index (χ2n) is 5.80. The summed E-state index contributed by atoms with van der Waals surface area (Å²) < 4.78 is 0. The highest BCUT2D eigenvalue weighted by molar-refractivity contribution is 5.61. The van der Waals surface area contributed by atoms with Crippen molar-refractivity contribution in [3.8, 4) is 0 Å². The molecule has 1 aliphatic carbocycles. The van der Waals surface area contributed by atoms with Crippen molar-refractivity contribution in [2.45, 2.75) is 39.0 Å². The van der Waals surface area contributed by atoms with Crippen LogP contribution in [0, 0.1) is 5.41 Å². The first-order chi connectivity index (χ1) is 8.22. The highest BCUT2D eigenvalue weighted by atomic mass is 15.2. The van der Waals surface area contributed by atoms with E-state index < -0.39 is 0 Å². The molecule has 3 rings (SSSR count). The number of hydrogen-bond acceptors (Lipinski definition) is 2. The van der Waals surface area contributed by atoms with Crippen LogP contribution in [0.1, 0.15) is 38.2 Å². The lowest BCUT2D eigenvalue weighted by molar-refractivity contribution is 0.222. The Bertz CT molecular complexity index is 411. The molecule has 0 amide bonds. The maximum atomic E-state index is 6.07. The minimum Gasteiger partial charge on any atom is -0.398 e. The Balaban J connectivity index is 1.72. The van der Waals surface area contributed by atoms with Crippen LogP contribution in [-0.4, -0.2) is 13.1 Å². The standard InChI is InChI=1S/C15H22N2/c1-2-12-5-6-13(9-14(12)16)17-10-15(11-17)7-3-4-8-15/h5-6,9H,2-4,7-8,10-11,16H2,1H3. The average Bonchev–Trinajstić information content (AvgIpc) is 2.76. The number of rotatable bonds is 2. The lowest BCUT2D eigenvalue weighted by Crippen LogP contribution is -2.55. The van der Waals surface area contributed by atoms with Crippen molar-refractivity contribution in [1.82, 2.24) is 0 Å². The molecule has 0 unspecified atom stereocenters. The van der Waals surface area contributed by atoms with Gasteiger partial charge in [-0.2, -0.15) is 0 Å². The molecule has 2 aliphatic rings. The first kappa shape index (κ1) is 10.9. The fourth-order valence-corrected chi connectivity index (χ4v) is 3.49. The molecule has 92 valence electrons. The molecule has 2 heteroatoms. The van der Waals surface area contributed by atoms with Crippen molar-refractivity contribution < 1.29 is 0 Å². The van der Waals surface area contributed by atoms with Crippen molar-refractivity contribution >= 4 is 11.4 Å². The summed E-state index contributed by atoms with van der Waals surface area (Å²) in [5.41, 5.74) is 10.3. The monoisotopic (exact) mass is 230 g/mol. The van der Waals surface area contributed by atoms with Gasteiger partial charge in [-0.05, 0) is 37.0 Å². The molecule has 17 heavy (non-hydrogen) atoms. The minimum atomic E-state index is 0.665. The normalized spacial score (nSPS) is 21.8. The van der Waals surface area contributed by atoms with E-state index in [4.69, 9.17) is 5.73 Å². The molecule has 1 saturated heterocycles. The molecule has 1 spiro atoms. The molecule has 1 heterocycles. The zero-order valence-electron chi connectivity index (χ0n) is 10.7. The summed E-state index contributed by atoms with van der Waals surface area (Å²) in [5, 5.41) is 0. The van der Waals surface area contributed by atoms with Crippen molar-refractivity contribution in [2.75, 3.05) is 23.7 Å². The zero-order chi connectivity index (χ0) is 11.9. The van der Waals surface area contributed by atoms with Crippen LogP contribution in [0.5, 0.6) is 0 Å². The molecule has 2 nitrogen and oxygen atoms in total. The summed E-state index contributed by atoms with van der Waals surface area (Å²) in [6.45, 7) is 4.65. The maximum absolute atomic E-state index is 6.07. The van der Waals surface area contributed by atoms with Crippen LogP contribution < -0.4 is 10.6 Å². The third-order valence-corrected chi connectivity index (χ3v) is 4.59. The van der Waals surface area contributed by atoms with E-state index in [0.717, 1.165) is 12.1 Å². The lowest BCUT2D eigenvalue weighted by atomic mass is 9.78. The van der Waals surface area contributed by atoms with E-state index in [1.54, 1.807) is 0 Å². The SMILES string of the molecule is CCc1ccc(N2CC3(CCCC3)C2)cc1N. The lowest BCUT2D eigenvalue weighted by Gasteiger charge is -2.50. The summed E-state index contributed by atoms with van der Waals surface area (Å²) in [5.74, 6) is 0. The van der Waals surface area contributed by atoms with Crippen molar-refractivity contribution in [2.24, 2.45) is 5.41 Å². The molecule has 2 fully saturated rings. The van der Waals surface area contributed by atoms with Crippen molar-refractivity contribution in [1.29, 1.82) is 0 Å². The smallest absolute Gasteiger partial charge is 0.0387 e. The number of nitrogens with two attached hydrogens (primary N) is 1. The van der Waals surface area contributed by atoms with Gasteiger partial charge in [-0.25, -0.2) is 0 Å². The van der Waals surface area contributed by atoms with Gasteiger partial charge < -0.3 is 10.6 Å². The molecule has 0 atom stereocenters. The predicted octanol–water partition coefficient (Wildman–Crippen LogP) is 3.21. The molecule has 1 aliphatic heterocycles. The van der Waals surface area contributed by atoms with Crippen LogP contribution in [0.4, 0.5) is 11.4 Å². The highest BCUT2D eigenvalue weighted by Crippen LogP contribution is 2.47. The number of hydrogen-bond donors (Lipinski definition) is 1. The van der Waals surface area contributed by atoms with Gasteiger partial charge in [-0.15, -0.1) is 0 Å². The van der Waals surface area contributed by atoms with Gasteiger partial charge in [0.1, 0.15) is 0 Å². The van der Waals surface area contributed by atoms with Gasteiger partial charge in [0, 0.05) is 29.9 Å².